The zero-order valence-electron chi connectivity index (χ0n) is 5.48. The van der Waals surface area contributed by atoms with Gasteiger partial charge in [-0.15, -0.1) is 0 Å². The molecule has 1 heterocycles. The summed E-state index contributed by atoms with van der Waals surface area (Å²) in [4.78, 5) is 9.58. The Morgan fingerprint density at radius 2 is 2.50 bits per heavy atom. The Morgan fingerprint density at radius 1 is 1.80 bits per heavy atom. The van der Waals surface area contributed by atoms with E-state index in [2.05, 4.69) is 0 Å². The number of nitrogens with zero attached hydrogens (tertiary/aromatic N) is 1. The summed E-state index contributed by atoms with van der Waals surface area (Å²) in [6.45, 7) is 1.81. The van der Waals surface area contributed by atoms with Crippen molar-refractivity contribution in [1.82, 2.24) is 0 Å². The fourth-order valence-electron chi connectivity index (χ4n) is 0.600. The predicted molar refractivity (Wildman–Crippen MR) is 34.8 cm³/mol. The first-order chi connectivity index (χ1) is 4.70. The third-order valence-corrected chi connectivity index (χ3v) is 1.15. The summed E-state index contributed by atoms with van der Waals surface area (Å²) in [5.41, 5.74) is -0.00176. The van der Waals surface area contributed by atoms with Crippen LogP contribution in [0.1, 0.15) is 6.92 Å². The van der Waals surface area contributed by atoms with Crippen LogP contribution in [0.3, 0.4) is 0 Å². The Hall–Kier alpha value is -1.32. The largest absolute Gasteiger partial charge is 0.487 e. The Bertz CT molecular complexity index is 207. The van der Waals surface area contributed by atoms with E-state index in [1.54, 1.807) is 6.08 Å². The fourth-order valence-corrected chi connectivity index (χ4v) is 0.600. The van der Waals surface area contributed by atoms with Crippen LogP contribution in [0.4, 0.5) is 0 Å². The maximum absolute atomic E-state index is 10.1. The molecule has 1 aliphatic rings. The smallest absolute Gasteiger partial charge is 0.303 e. The van der Waals surface area contributed by atoms with E-state index in [1.165, 1.54) is 6.08 Å². The van der Waals surface area contributed by atoms with Crippen LogP contribution in [0.5, 0.6) is 0 Å². The molecule has 4 nitrogen and oxygen atoms in total. The number of ether oxygens (including phenoxy) is 1. The quantitative estimate of drug-likeness (QED) is 0.405. The summed E-state index contributed by atoms with van der Waals surface area (Å²) < 4.78 is 4.86. The molecule has 0 spiro atoms. The fraction of sp³-hybridized carbons (Fsp3) is 0.333. The molecule has 0 aromatic carbocycles. The highest BCUT2D eigenvalue weighted by molar-refractivity contribution is 5.13. The first-order valence-corrected chi connectivity index (χ1v) is 2.88. The molecule has 54 valence electrons. The van der Waals surface area contributed by atoms with Gasteiger partial charge >= 0.3 is 5.70 Å². The zero-order valence-corrected chi connectivity index (χ0v) is 5.48. The Kier molecular flexibility index (Phi) is 1.71. The lowest BCUT2D eigenvalue weighted by molar-refractivity contribution is -0.421. The van der Waals surface area contributed by atoms with Gasteiger partial charge in [0, 0.05) is 6.08 Å². The minimum Gasteiger partial charge on any atom is -0.487 e. The standard InChI is InChI=1S/C6H7NO3/c1-5-2-3-6(4-10-5)7(8)9/h2-5H,1H3. The van der Waals surface area contributed by atoms with Crippen LogP contribution >= 0.6 is 0 Å². The van der Waals surface area contributed by atoms with Crippen LogP contribution in [-0.4, -0.2) is 11.0 Å². The molecule has 0 aromatic rings. The Morgan fingerprint density at radius 3 is 2.90 bits per heavy atom. The molecular formula is C6H7NO3. The van der Waals surface area contributed by atoms with Crippen molar-refractivity contribution in [3.63, 3.8) is 0 Å². The molecule has 0 aromatic heterocycles. The van der Waals surface area contributed by atoms with Crippen molar-refractivity contribution in [2.75, 3.05) is 0 Å². The minimum absolute atomic E-state index is 0.00176. The lowest BCUT2D eigenvalue weighted by atomic mass is 10.3. The van der Waals surface area contributed by atoms with Gasteiger partial charge in [0.15, 0.2) is 6.26 Å². The molecular weight excluding hydrogens is 134 g/mol. The Labute approximate surface area is 57.9 Å². The number of hydrogen-bond acceptors (Lipinski definition) is 3. The van der Waals surface area contributed by atoms with Crippen LogP contribution in [-0.2, 0) is 4.74 Å². The Balaban J connectivity index is 2.67. The van der Waals surface area contributed by atoms with E-state index in [4.69, 9.17) is 4.74 Å². The van der Waals surface area contributed by atoms with Crippen LogP contribution < -0.4 is 0 Å². The second-order valence-corrected chi connectivity index (χ2v) is 2.00. The van der Waals surface area contributed by atoms with E-state index in [9.17, 15) is 10.1 Å². The number of nitro groups is 1. The van der Waals surface area contributed by atoms with Gasteiger partial charge < -0.3 is 4.74 Å². The van der Waals surface area contributed by atoms with E-state index in [1.807, 2.05) is 6.92 Å². The SMILES string of the molecule is CC1C=CC([N+](=O)[O-])=CO1. The van der Waals surface area contributed by atoms with Gasteiger partial charge in [0.1, 0.15) is 6.10 Å². The van der Waals surface area contributed by atoms with Crippen molar-refractivity contribution in [3.05, 3.63) is 34.2 Å². The molecule has 1 aliphatic heterocycles. The molecule has 0 N–H and O–H groups in total. The average molecular weight is 141 g/mol. The molecule has 10 heavy (non-hydrogen) atoms. The normalized spacial score (nSPS) is 23.3. The molecule has 1 rings (SSSR count). The van der Waals surface area contributed by atoms with Crippen LogP contribution in [0, 0.1) is 10.1 Å². The predicted octanol–water partition coefficient (Wildman–Crippen LogP) is 1.08. The molecule has 0 fully saturated rings. The average Bonchev–Trinajstić information content (AvgIpc) is 1.88. The number of hydrogen-bond donors (Lipinski definition) is 0. The van der Waals surface area contributed by atoms with Crippen molar-refractivity contribution < 1.29 is 9.66 Å². The molecule has 0 saturated carbocycles. The van der Waals surface area contributed by atoms with Crippen molar-refractivity contribution >= 4 is 0 Å². The molecule has 0 amide bonds. The molecule has 0 radical (unpaired) electrons. The number of rotatable bonds is 1. The maximum atomic E-state index is 10.1. The number of allylic oxidation sites excluding steroid dienone is 1. The van der Waals surface area contributed by atoms with Gasteiger partial charge in [-0.25, -0.2) is 0 Å². The van der Waals surface area contributed by atoms with Gasteiger partial charge in [-0.1, -0.05) is 0 Å². The van der Waals surface area contributed by atoms with Gasteiger partial charge in [-0.05, 0) is 13.0 Å². The van der Waals surface area contributed by atoms with E-state index >= 15 is 0 Å². The van der Waals surface area contributed by atoms with Crippen LogP contribution in [0.2, 0.25) is 0 Å². The third-order valence-electron chi connectivity index (χ3n) is 1.15. The highest BCUT2D eigenvalue weighted by Crippen LogP contribution is 2.08. The van der Waals surface area contributed by atoms with Crippen molar-refractivity contribution in [2.24, 2.45) is 0 Å². The molecule has 0 bridgehead atoms. The van der Waals surface area contributed by atoms with Gasteiger partial charge in [0.2, 0.25) is 0 Å². The van der Waals surface area contributed by atoms with Crippen molar-refractivity contribution in [2.45, 2.75) is 13.0 Å². The third kappa shape index (κ3) is 1.34. The highest BCUT2D eigenvalue weighted by Gasteiger charge is 2.11. The van der Waals surface area contributed by atoms with E-state index in [0.717, 1.165) is 6.26 Å². The summed E-state index contributed by atoms with van der Waals surface area (Å²) >= 11 is 0. The molecule has 1 atom stereocenters. The summed E-state index contributed by atoms with van der Waals surface area (Å²) in [6, 6.07) is 0. The summed E-state index contributed by atoms with van der Waals surface area (Å²) in [5, 5.41) is 10.1. The molecule has 1 unspecified atom stereocenters. The van der Waals surface area contributed by atoms with Crippen LogP contribution in [0.15, 0.2) is 24.1 Å². The second-order valence-electron chi connectivity index (χ2n) is 2.00. The van der Waals surface area contributed by atoms with Gasteiger partial charge in [-0.3, -0.25) is 10.1 Å². The van der Waals surface area contributed by atoms with Gasteiger partial charge in [0.25, 0.3) is 0 Å². The van der Waals surface area contributed by atoms with E-state index in [0.29, 0.717) is 0 Å². The first-order valence-electron chi connectivity index (χ1n) is 2.88. The molecule has 0 saturated heterocycles. The topological polar surface area (TPSA) is 52.4 Å². The summed E-state index contributed by atoms with van der Waals surface area (Å²) in [6.07, 6.45) is 4.18. The van der Waals surface area contributed by atoms with E-state index < -0.39 is 4.92 Å². The van der Waals surface area contributed by atoms with Crippen molar-refractivity contribution in [3.8, 4) is 0 Å². The van der Waals surface area contributed by atoms with Gasteiger partial charge in [0.05, 0.1) is 4.92 Å². The lowest BCUT2D eigenvalue weighted by Gasteiger charge is -2.08. The van der Waals surface area contributed by atoms with Crippen LogP contribution in [0.25, 0.3) is 0 Å². The highest BCUT2D eigenvalue weighted by atomic mass is 16.6. The minimum atomic E-state index is -0.484. The molecule has 0 aliphatic carbocycles. The van der Waals surface area contributed by atoms with Crippen molar-refractivity contribution in [1.29, 1.82) is 0 Å². The monoisotopic (exact) mass is 141 g/mol. The maximum Gasteiger partial charge on any atom is 0.303 e. The van der Waals surface area contributed by atoms with E-state index in [-0.39, 0.29) is 11.8 Å². The summed E-state index contributed by atoms with van der Waals surface area (Å²) in [7, 11) is 0. The first kappa shape index (κ1) is 6.80. The zero-order chi connectivity index (χ0) is 7.56. The van der Waals surface area contributed by atoms with Gasteiger partial charge in [-0.2, -0.15) is 0 Å². The molecule has 4 heteroatoms. The second kappa shape index (κ2) is 2.51. The lowest BCUT2D eigenvalue weighted by Crippen LogP contribution is -2.07. The summed E-state index contributed by atoms with van der Waals surface area (Å²) in [5.74, 6) is 0.